The molecule has 2 rings (SSSR count). The van der Waals surface area contributed by atoms with Gasteiger partial charge in [-0.05, 0) is 38.5 Å². The van der Waals surface area contributed by atoms with E-state index in [1.165, 1.54) is 0 Å². The molecule has 0 spiro atoms. The second kappa shape index (κ2) is 4.97. The van der Waals surface area contributed by atoms with Crippen LogP contribution in [0.5, 0.6) is 0 Å². The Labute approximate surface area is 133 Å². The molecule has 1 heterocycles. The number of nitrogens with two attached hydrogens (primary N) is 1. The van der Waals surface area contributed by atoms with Gasteiger partial charge >= 0.3 is 0 Å². The summed E-state index contributed by atoms with van der Waals surface area (Å²) >= 11 is 3.39. The molecule has 1 aliphatic rings. The number of rotatable bonds is 3. The maximum Gasteiger partial charge on any atom is 0.221 e. The SMILES string of the molecule is CN1c2ccc(Br)cc2C(CCC#N)(S(N)(=O)=O)C1(C)C. The molecule has 5 nitrogen and oxygen atoms in total. The third-order valence-electron chi connectivity index (χ3n) is 4.66. The van der Waals surface area contributed by atoms with Crippen LogP contribution in [0.3, 0.4) is 0 Å². The zero-order valence-electron chi connectivity index (χ0n) is 12.2. The smallest absolute Gasteiger partial charge is 0.221 e. The second-order valence-electron chi connectivity index (χ2n) is 5.81. The summed E-state index contributed by atoms with van der Waals surface area (Å²) in [6.07, 6.45) is 0.294. The van der Waals surface area contributed by atoms with E-state index in [1.807, 2.05) is 44.0 Å². The third-order valence-corrected chi connectivity index (χ3v) is 7.04. The van der Waals surface area contributed by atoms with E-state index in [1.54, 1.807) is 6.07 Å². The molecule has 7 heteroatoms. The first-order valence-electron chi connectivity index (χ1n) is 6.53. The van der Waals surface area contributed by atoms with E-state index in [4.69, 9.17) is 10.4 Å². The van der Waals surface area contributed by atoms with Gasteiger partial charge in [0.1, 0.15) is 4.75 Å². The molecule has 0 aliphatic carbocycles. The van der Waals surface area contributed by atoms with Crippen molar-refractivity contribution >= 4 is 31.6 Å². The number of hydrogen-bond donors (Lipinski definition) is 1. The van der Waals surface area contributed by atoms with Crippen molar-refractivity contribution in [2.75, 3.05) is 11.9 Å². The molecule has 0 amide bonds. The summed E-state index contributed by atoms with van der Waals surface area (Å²) in [6, 6.07) is 7.58. The molecule has 1 aliphatic heterocycles. The molecule has 0 saturated heterocycles. The van der Waals surface area contributed by atoms with Gasteiger partial charge in [-0.15, -0.1) is 0 Å². The van der Waals surface area contributed by atoms with Gasteiger partial charge in [-0.2, -0.15) is 5.26 Å². The van der Waals surface area contributed by atoms with Gasteiger partial charge in [0.25, 0.3) is 0 Å². The summed E-state index contributed by atoms with van der Waals surface area (Å²) in [6.45, 7) is 3.70. The van der Waals surface area contributed by atoms with Gasteiger partial charge in [0.05, 0.1) is 11.6 Å². The first-order valence-corrected chi connectivity index (χ1v) is 8.86. The van der Waals surface area contributed by atoms with E-state index < -0.39 is 20.3 Å². The highest BCUT2D eigenvalue weighted by atomic mass is 79.9. The summed E-state index contributed by atoms with van der Waals surface area (Å²) in [7, 11) is -2.07. The Balaban J connectivity index is 2.86. The minimum absolute atomic E-state index is 0.125. The molecular weight excluding hydrogens is 354 g/mol. The molecule has 21 heavy (non-hydrogen) atoms. The van der Waals surface area contributed by atoms with Gasteiger partial charge in [-0.25, -0.2) is 13.6 Å². The fourth-order valence-electron chi connectivity index (χ4n) is 3.34. The molecule has 0 bridgehead atoms. The number of hydrogen-bond acceptors (Lipinski definition) is 4. The Morgan fingerprint density at radius 3 is 2.57 bits per heavy atom. The van der Waals surface area contributed by atoms with Crippen molar-refractivity contribution in [1.82, 2.24) is 0 Å². The maximum absolute atomic E-state index is 12.5. The van der Waals surface area contributed by atoms with Crippen LogP contribution in [0.15, 0.2) is 22.7 Å². The molecule has 1 atom stereocenters. The van der Waals surface area contributed by atoms with Crippen molar-refractivity contribution in [1.29, 1.82) is 5.26 Å². The zero-order chi connectivity index (χ0) is 16.1. The van der Waals surface area contributed by atoms with E-state index in [2.05, 4.69) is 15.9 Å². The largest absolute Gasteiger partial charge is 0.367 e. The van der Waals surface area contributed by atoms with Gasteiger partial charge in [0.15, 0.2) is 0 Å². The molecule has 1 aromatic rings. The molecule has 0 saturated carbocycles. The van der Waals surface area contributed by atoms with Crippen LogP contribution < -0.4 is 10.0 Å². The van der Waals surface area contributed by atoms with Crippen molar-refractivity contribution in [2.24, 2.45) is 5.14 Å². The number of benzene rings is 1. The van der Waals surface area contributed by atoms with Crippen molar-refractivity contribution < 1.29 is 8.42 Å². The van der Waals surface area contributed by atoms with Crippen molar-refractivity contribution in [3.05, 3.63) is 28.2 Å². The zero-order valence-corrected chi connectivity index (χ0v) is 14.6. The highest BCUT2D eigenvalue weighted by molar-refractivity contribution is 9.10. The van der Waals surface area contributed by atoms with Gasteiger partial charge in [-0.3, -0.25) is 0 Å². The monoisotopic (exact) mass is 371 g/mol. The number of nitriles is 1. The van der Waals surface area contributed by atoms with Gasteiger partial charge in [0, 0.05) is 29.2 Å². The summed E-state index contributed by atoms with van der Waals surface area (Å²) in [5.41, 5.74) is 0.734. The molecule has 1 aromatic carbocycles. The summed E-state index contributed by atoms with van der Waals surface area (Å²) in [5, 5.41) is 14.6. The quantitative estimate of drug-likeness (QED) is 0.883. The first kappa shape index (κ1) is 16.3. The lowest BCUT2D eigenvalue weighted by Crippen LogP contribution is -2.58. The van der Waals surface area contributed by atoms with E-state index in [0.717, 1.165) is 10.2 Å². The average Bonchev–Trinajstić information content (AvgIpc) is 2.53. The lowest BCUT2D eigenvalue weighted by molar-refractivity contribution is 0.343. The number of nitrogens with zero attached hydrogens (tertiary/aromatic N) is 2. The van der Waals surface area contributed by atoms with E-state index >= 15 is 0 Å². The molecule has 0 aromatic heterocycles. The topological polar surface area (TPSA) is 87.2 Å². The van der Waals surface area contributed by atoms with Crippen LogP contribution >= 0.6 is 15.9 Å². The average molecular weight is 372 g/mol. The number of fused-ring (bicyclic) bond motifs is 1. The van der Waals surface area contributed by atoms with Crippen LogP contribution in [0.4, 0.5) is 5.69 Å². The third kappa shape index (κ3) is 2.08. The van der Waals surface area contributed by atoms with Crippen LogP contribution in [-0.2, 0) is 14.8 Å². The summed E-state index contributed by atoms with van der Waals surface area (Å²) in [5.74, 6) is 0. The van der Waals surface area contributed by atoms with E-state index in [0.29, 0.717) is 5.56 Å². The summed E-state index contributed by atoms with van der Waals surface area (Å²) in [4.78, 5) is 1.93. The van der Waals surface area contributed by atoms with Crippen molar-refractivity contribution in [3.8, 4) is 6.07 Å². The predicted molar refractivity (Wildman–Crippen MR) is 86.3 cm³/mol. The molecule has 2 N–H and O–H groups in total. The Kier molecular flexibility index (Phi) is 3.85. The van der Waals surface area contributed by atoms with Gasteiger partial charge in [0.2, 0.25) is 10.0 Å². The molecule has 0 radical (unpaired) electrons. The van der Waals surface area contributed by atoms with Crippen LogP contribution in [0.2, 0.25) is 0 Å². The lowest BCUT2D eigenvalue weighted by Gasteiger charge is -2.43. The van der Waals surface area contributed by atoms with Gasteiger partial charge < -0.3 is 4.90 Å². The summed E-state index contributed by atoms with van der Waals surface area (Å²) < 4.78 is 24.5. The number of primary sulfonamides is 1. The maximum atomic E-state index is 12.5. The van der Waals surface area contributed by atoms with E-state index in [9.17, 15) is 8.42 Å². The second-order valence-corrected chi connectivity index (χ2v) is 8.51. The minimum atomic E-state index is -3.92. The molecule has 0 fully saturated rings. The Hall–Kier alpha value is -1.10. The Morgan fingerprint density at radius 2 is 2.05 bits per heavy atom. The number of halogens is 1. The Bertz CT molecular complexity index is 724. The number of sulfonamides is 1. The van der Waals surface area contributed by atoms with Crippen LogP contribution in [0, 0.1) is 11.3 Å². The van der Waals surface area contributed by atoms with Crippen molar-refractivity contribution in [2.45, 2.75) is 37.0 Å². The van der Waals surface area contributed by atoms with Crippen LogP contribution in [-0.4, -0.2) is 21.0 Å². The first-order chi connectivity index (χ1) is 9.59. The Morgan fingerprint density at radius 1 is 1.43 bits per heavy atom. The minimum Gasteiger partial charge on any atom is -0.367 e. The van der Waals surface area contributed by atoms with Crippen LogP contribution in [0.25, 0.3) is 0 Å². The normalized spacial score (nSPS) is 23.7. The lowest BCUT2D eigenvalue weighted by atomic mass is 9.81. The molecular formula is C14H18BrN3O2S. The highest BCUT2D eigenvalue weighted by Gasteiger charge is 2.62. The standard InChI is InChI=1S/C14H18BrN3O2S/c1-13(2)14(7-4-8-16,21(17,19)20)11-9-10(15)5-6-12(11)18(13)3/h5-6,9H,4,7H2,1-3H3,(H2,17,19,20). The fourth-order valence-corrected chi connectivity index (χ4v) is 5.39. The molecule has 114 valence electrons. The molecule has 1 unspecified atom stereocenters. The van der Waals surface area contributed by atoms with E-state index in [-0.39, 0.29) is 12.8 Å². The number of anilines is 1. The number of likely N-dealkylation sites (N-methyl/N-ethyl adjacent to an activating group) is 1. The fraction of sp³-hybridized carbons (Fsp3) is 0.500. The predicted octanol–water partition coefficient (Wildman–Crippen LogP) is 2.47. The van der Waals surface area contributed by atoms with Crippen LogP contribution in [0.1, 0.15) is 32.3 Å². The highest BCUT2D eigenvalue weighted by Crippen LogP contribution is 2.56. The van der Waals surface area contributed by atoms with Crippen molar-refractivity contribution in [3.63, 3.8) is 0 Å². The van der Waals surface area contributed by atoms with Gasteiger partial charge in [-0.1, -0.05) is 15.9 Å².